The molecule has 0 aliphatic heterocycles. The van der Waals surface area contributed by atoms with Crippen molar-refractivity contribution in [1.82, 2.24) is 0 Å². The summed E-state index contributed by atoms with van der Waals surface area (Å²) in [6, 6.07) is 7.80. The second-order valence-corrected chi connectivity index (χ2v) is 9.96. The van der Waals surface area contributed by atoms with Crippen LogP contribution in [-0.2, 0) is 11.7 Å². The van der Waals surface area contributed by atoms with Crippen LogP contribution >= 0.6 is 0 Å². The number of rotatable bonds is 4. The highest BCUT2D eigenvalue weighted by atomic mass is 19.4. The number of fused-ring (bicyclic) bond motifs is 1. The van der Waals surface area contributed by atoms with Gasteiger partial charge in [-0.15, -0.1) is 0 Å². The Bertz CT molecular complexity index is 941. The van der Waals surface area contributed by atoms with Crippen molar-refractivity contribution in [2.24, 2.45) is 29.4 Å². The van der Waals surface area contributed by atoms with Gasteiger partial charge in [-0.25, -0.2) is 0 Å². The minimum atomic E-state index is -4.52. The lowest BCUT2D eigenvalue weighted by Gasteiger charge is -2.53. The van der Waals surface area contributed by atoms with Crippen molar-refractivity contribution in [2.75, 3.05) is 6.61 Å². The first-order valence-corrected chi connectivity index (χ1v) is 10.9. The molecule has 4 bridgehead atoms. The normalized spacial score (nSPS) is 32.4. The van der Waals surface area contributed by atoms with Crippen LogP contribution in [0.1, 0.15) is 50.2 Å². The molecule has 4 saturated carbocycles. The molecule has 4 fully saturated rings. The van der Waals surface area contributed by atoms with Gasteiger partial charge in [0.1, 0.15) is 17.4 Å². The van der Waals surface area contributed by atoms with Gasteiger partial charge in [0.25, 0.3) is 0 Å². The maximum absolute atomic E-state index is 14.1. The fraction of sp³-hybridized carbons (Fsp3) is 0.583. The number of nitrogens with two attached hydrogens (primary N) is 1. The molecule has 3 N–H and O–H groups in total. The first-order chi connectivity index (χ1) is 14.2. The van der Waals surface area contributed by atoms with E-state index in [-0.39, 0.29) is 23.8 Å². The Morgan fingerprint density at radius 3 is 2.20 bits per heavy atom. The Kier molecular flexibility index (Phi) is 4.60. The number of hydrogen-bond acceptors (Lipinski definition) is 3. The molecular formula is C24H28F3NO2. The Morgan fingerprint density at radius 2 is 1.63 bits per heavy atom. The Morgan fingerprint density at radius 1 is 1.00 bits per heavy atom. The van der Waals surface area contributed by atoms with E-state index in [9.17, 15) is 18.3 Å². The summed E-state index contributed by atoms with van der Waals surface area (Å²) in [7, 11) is 0. The fourth-order valence-corrected chi connectivity index (χ4v) is 6.36. The van der Waals surface area contributed by atoms with E-state index in [0.29, 0.717) is 22.8 Å². The highest BCUT2D eigenvalue weighted by Gasteiger charge is 2.50. The third-order valence-electron chi connectivity index (χ3n) is 7.66. The average molecular weight is 419 g/mol. The number of halogens is 3. The second-order valence-electron chi connectivity index (χ2n) is 9.96. The van der Waals surface area contributed by atoms with Gasteiger partial charge in [-0.1, -0.05) is 18.2 Å². The summed E-state index contributed by atoms with van der Waals surface area (Å²) in [6.07, 6.45) is 1.01. The summed E-state index contributed by atoms with van der Waals surface area (Å²) >= 11 is 0. The molecule has 30 heavy (non-hydrogen) atoms. The van der Waals surface area contributed by atoms with E-state index >= 15 is 0 Å². The van der Waals surface area contributed by atoms with Crippen molar-refractivity contribution in [2.45, 2.75) is 56.8 Å². The van der Waals surface area contributed by atoms with Gasteiger partial charge < -0.3 is 15.6 Å². The van der Waals surface area contributed by atoms with Gasteiger partial charge in [-0.3, -0.25) is 0 Å². The van der Waals surface area contributed by atoms with Gasteiger partial charge in [0.2, 0.25) is 0 Å². The molecule has 2 aromatic carbocycles. The number of aliphatic hydroxyl groups excluding tert-OH is 1. The number of hydrogen-bond donors (Lipinski definition) is 2. The van der Waals surface area contributed by atoms with Crippen LogP contribution in [0.15, 0.2) is 30.3 Å². The zero-order valence-electron chi connectivity index (χ0n) is 17.1. The predicted molar refractivity (Wildman–Crippen MR) is 109 cm³/mol. The minimum Gasteiger partial charge on any atom is -0.489 e. The fourth-order valence-electron chi connectivity index (χ4n) is 6.36. The monoisotopic (exact) mass is 419 g/mol. The smallest absolute Gasteiger partial charge is 0.420 e. The number of alkyl halides is 3. The van der Waals surface area contributed by atoms with Crippen molar-refractivity contribution in [3.8, 4) is 5.75 Å². The first kappa shape index (κ1) is 20.1. The lowest BCUT2D eigenvalue weighted by Crippen LogP contribution is -2.50. The summed E-state index contributed by atoms with van der Waals surface area (Å²) < 4.78 is 48.6. The van der Waals surface area contributed by atoms with Gasteiger partial charge in [-0.05, 0) is 91.2 Å². The highest BCUT2D eigenvalue weighted by molar-refractivity contribution is 5.89. The molecule has 0 aromatic heterocycles. The highest BCUT2D eigenvalue weighted by Crippen LogP contribution is 2.55. The molecule has 4 aliphatic rings. The van der Waals surface area contributed by atoms with E-state index in [1.807, 2.05) is 0 Å². The topological polar surface area (TPSA) is 55.5 Å². The number of aliphatic hydroxyl groups is 1. The summed E-state index contributed by atoms with van der Waals surface area (Å²) in [5.41, 5.74) is 4.96. The van der Waals surface area contributed by atoms with E-state index in [1.54, 1.807) is 25.1 Å². The van der Waals surface area contributed by atoms with Crippen LogP contribution in [0.5, 0.6) is 5.75 Å². The van der Waals surface area contributed by atoms with Crippen molar-refractivity contribution in [3.05, 3.63) is 41.5 Å². The van der Waals surface area contributed by atoms with Crippen LogP contribution < -0.4 is 10.5 Å². The van der Waals surface area contributed by atoms with Crippen molar-refractivity contribution in [3.63, 3.8) is 0 Å². The molecule has 2 aromatic rings. The van der Waals surface area contributed by atoms with Crippen LogP contribution in [0.25, 0.3) is 10.8 Å². The summed E-state index contributed by atoms with van der Waals surface area (Å²) in [4.78, 5) is 0. The molecule has 0 spiro atoms. The molecule has 4 aliphatic carbocycles. The molecule has 1 unspecified atom stereocenters. The molecule has 0 saturated heterocycles. The quantitative estimate of drug-likeness (QED) is 0.714. The average Bonchev–Trinajstić information content (AvgIpc) is 2.68. The van der Waals surface area contributed by atoms with E-state index < -0.39 is 17.3 Å². The van der Waals surface area contributed by atoms with Crippen LogP contribution in [0.3, 0.4) is 0 Å². The van der Waals surface area contributed by atoms with E-state index in [4.69, 9.17) is 10.5 Å². The van der Waals surface area contributed by atoms with Crippen LogP contribution in [0.2, 0.25) is 0 Å². The molecule has 0 radical (unpaired) electrons. The number of ether oxygens (including phenoxy) is 1. The van der Waals surface area contributed by atoms with E-state index in [0.717, 1.165) is 37.5 Å². The van der Waals surface area contributed by atoms with E-state index in [1.165, 1.54) is 18.6 Å². The largest absolute Gasteiger partial charge is 0.489 e. The van der Waals surface area contributed by atoms with Crippen molar-refractivity contribution >= 4 is 10.8 Å². The zero-order chi connectivity index (χ0) is 21.3. The zero-order valence-corrected chi connectivity index (χ0v) is 17.1. The Hall–Kier alpha value is -1.79. The van der Waals surface area contributed by atoms with Gasteiger partial charge in [-0.2, -0.15) is 13.2 Å². The SMILES string of the molecule is CC(N)(CO)c1ccc2c(C(F)(F)F)c(OC3C4CC5CC(C4)CC3C5)ccc2c1. The minimum absolute atomic E-state index is 0.0575. The number of benzene rings is 2. The van der Waals surface area contributed by atoms with Crippen LogP contribution in [0, 0.1) is 23.7 Å². The molecule has 6 heteroatoms. The van der Waals surface area contributed by atoms with E-state index in [2.05, 4.69) is 0 Å². The van der Waals surface area contributed by atoms with Crippen molar-refractivity contribution < 1.29 is 23.0 Å². The third kappa shape index (κ3) is 3.28. The van der Waals surface area contributed by atoms with Gasteiger partial charge in [0, 0.05) is 0 Å². The molecule has 3 nitrogen and oxygen atoms in total. The Labute approximate surface area is 174 Å². The summed E-state index contributed by atoms with van der Waals surface area (Å²) in [6.45, 7) is 1.36. The summed E-state index contributed by atoms with van der Waals surface area (Å²) in [5, 5.41) is 10.1. The predicted octanol–water partition coefficient (Wildman–Crippen LogP) is 5.23. The standard InChI is InChI=1S/C24H28F3NO2/c1-23(28,12-29)18-3-4-19-15(11-18)2-5-20(21(19)24(25,26)27)30-22-16-7-13-6-14(9-16)10-17(22)8-13/h2-5,11,13-14,16-17,22,29H,6-10,12,28H2,1H3. The molecular weight excluding hydrogens is 391 g/mol. The van der Waals surface area contributed by atoms with Gasteiger partial charge in [0.15, 0.2) is 0 Å². The maximum atomic E-state index is 14.1. The first-order valence-electron chi connectivity index (χ1n) is 10.9. The molecule has 0 amide bonds. The van der Waals surface area contributed by atoms with Crippen molar-refractivity contribution in [1.29, 1.82) is 0 Å². The van der Waals surface area contributed by atoms with Crippen LogP contribution in [-0.4, -0.2) is 17.8 Å². The molecule has 0 heterocycles. The lowest BCUT2D eigenvalue weighted by atomic mass is 9.55. The Balaban J connectivity index is 1.54. The maximum Gasteiger partial charge on any atom is 0.420 e. The van der Waals surface area contributed by atoms with Gasteiger partial charge in [0.05, 0.1) is 12.1 Å². The molecule has 1 atom stereocenters. The molecule has 6 rings (SSSR count). The lowest BCUT2D eigenvalue weighted by molar-refractivity contribution is -0.140. The summed E-state index contributed by atoms with van der Waals surface area (Å²) in [5.74, 6) is 2.17. The molecule has 162 valence electrons. The second kappa shape index (κ2) is 6.86. The third-order valence-corrected chi connectivity index (χ3v) is 7.66. The van der Waals surface area contributed by atoms with Gasteiger partial charge >= 0.3 is 6.18 Å². The van der Waals surface area contributed by atoms with Crippen LogP contribution in [0.4, 0.5) is 13.2 Å².